The van der Waals surface area contributed by atoms with E-state index in [9.17, 15) is 0 Å². The van der Waals surface area contributed by atoms with Gasteiger partial charge in [0.1, 0.15) is 5.84 Å². The van der Waals surface area contributed by atoms with Crippen LogP contribution >= 0.6 is 0 Å². The zero-order valence-corrected chi connectivity index (χ0v) is 12.1. The number of nitrogens with one attached hydrogen (secondary N) is 1. The van der Waals surface area contributed by atoms with E-state index in [1.165, 1.54) is 12.8 Å². The number of rotatable bonds is 6. The van der Waals surface area contributed by atoms with E-state index in [0.717, 1.165) is 32.7 Å². The minimum atomic E-state index is 0.245. The fourth-order valence-corrected chi connectivity index (χ4v) is 2.84. The van der Waals surface area contributed by atoms with Gasteiger partial charge in [0.2, 0.25) is 0 Å². The molecule has 0 bridgehead atoms. The van der Waals surface area contributed by atoms with Crippen molar-refractivity contribution in [2.24, 2.45) is 16.3 Å². The molecule has 0 aromatic rings. The second-order valence-electron chi connectivity index (χ2n) is 6.30. The van der Waals surface area contributed by atoms with Crippen LogP contribution in [0.1, 0.15) is 19.3 Å². The van der Waals surface area contributed by atoms with Gasteiger partial charge in [0.05, 0.1) is 0 Å². The monoisotopic (exact) mass is 269 g/mol. The maximum absolute atomic E-state index is 8.65. The molecular weight excluding hydrogens is 242 g/mol. The zero-order valence-electron chi connectivity index (χ0n) is 12.1. The van der Waals surface area contributed by atoms with Crippen molar-refractivity contribution in [2.75, 3.05) is 46.8 Å². The highest BCUT2D eigenvalue weighted by molar-refractivity contribution is 5.80. The maximum atomic E-state index is 8.65. The second-order valence-corrected chi connectivity index (χ2v) is 6.30. The van der Waals surface area contributed by atoms with Gasteiger partial charge >= 0.3 is 0 Å². The normalized spacial score (nSPS) is 28.5. The molecule has 2 rings (SSSR count). The lowest BCUT2D eigenvalue weighted by Crippen LogP contribution is -2.54. The van der Waals surface area contributed by atoms with Crippen molar-refractivity contribution in [1.82, 2.24) is 15.1 Å². The van der Waals surface area contributed by atoms with Crippen LogP contribution in [0.5, 0.6) is 0 Å². The number of nitrogens with two attached hydrogens (primary N) is 1. The van der Waals surface area contributed by atoms with E-state index < -0.39 is 0 Å². The number of piperazine rings is 1. The summed E-state index contributed by atoms with van der Waals surface area (Å²) in [6.45, 7) is 5.39. The molecule has 0 aromatic carbocycles. The molecule has 1 atom stereocenters. The summed E-state index contributed by atoms with van der Waals surface area (Å²) in [5.41, 5.74) is 5.86. The first-order valence-electron chi connectivity index (χ1n) is 7.10. The third-order valence-corrected chi connectivity index (χ3v) is 4.50. The number of oxime groups is 1. The molecule has 19 heavy (non-hydrogen) atoms. The molecule has 4 N–H and O–H groups in total. The lowest BCUT2D eigenvalue weighted by molar-refractivity contribution is 0.112. The maximum Gasteiger partial charge on any atom is 0.139 e. The molecule has 1 aliphatic heterocycles. The van der Waals surface area contributed by atoms with Crippen LogP contribution in [0, 0.1) is 5.41 Å². The Hall–Kier alpha value is -0.850. The molecule has 1 saturated heterocycles. The average Bonchev–Trinajstić information content (AvgIpc) is 3.13. The van der Waals surface area contributed by atoms with Crippen LogP contribution in [0.25, 0.3) is 0 Å². The van der Waals surface area contributed by atoms with Crippen molar-refractivity contribution in [3.8, 4) is 0 Å². The van der Waals surface area contributed by atoms with Gasteiger partial charge in [-0.05, 0) is 32.4 Å². The van der Waals surface area contributed by atoms with Crippen molar-refractivity contribution in [3.05, 3.63) is 0 Å². The summed E-state index contributed by atoms with van der Waals surface area (Å²) in [6.07, 6.45) is 3.06. The molecule has 1 unspecified atom stereocenters. The Balaban J connectivity index is 1.71. The van der Waals surface area contributed by atoms with Gasteiger partial charge in [0.15, 0.2) is 0 Å². The van der Waals surface area contributed by atoms with E-state index in [1.54, 1.807) is 0 Å². The largest absolute Gasteiger partial charge is 0.409 e. The molecule has 0 aromatic heterocycles. The summed E-state index contributed by atoms with van der Waals surface area (Å²) >= 11 is 0. The molecule has 2 aliphatic rings. The molecule has 6 heteroatoms. The first-order valence-corrected chi connectivity index (χ1v) is 7.10. The Bertz CT molecular complexity index is 329. The fraction of sp³-hybridized carbons (Fsp3) is 0.923. The predicted octanol–water partition coefficient (Wildman–Crippen LogP) is -0.261. The van der Waals surface area contributed by atoms with Crippen LogP contribution < -0.4 is 11.1 Å². The molecule has 1 aliphatic carbocycles. The molecule has 0 spiro atoms. The Kier molecular flexibility index (Phi) is 4.65. The minimum Gasteiger partial charge on any atom is -0.409 e. The Morgan fingerprint density at radius 1 is 1.42 bits per heavy atom. The first kappa shape index (κ1) is 14.6. The Labute approximate surface area is 115 Å². The average molecular weight is 269 g/mol. The predicted molar refractivity (Wildman–Crippen MR) is 76.5 cm³/mol. The Morgan fingerprint density at radius 2 is 2.16 bits per heavy atom. The standard InChI is InChI=1S/C13H27N5O/c1-17-5-6-18(2)11(9-17)8-15-10-13(3-4-13)7-12(14)16-19/h11,15,19H,3-10H2,1-2H3,(H2,14,16). The van der Waals surface area contributed by atoms with Gasteiger partial charge in [-0.25, -0.2) is 0 Å². The minimum absolute atomic E-state index is 0.245. The first-order chi connectivity index (χ1) is 9.04. The van der Waals surface area contributed by atoms with E-state index >= 15 is 0 Å². The molecule has 110 valence electrons. The summed E-state index contributed by atoms with van der Waals surface area (Å²) in [5.74, 6) is 0.355. The highest BCUT2D eigenvalue weighted by Gasteiger charge is 2.43. The van der Waals surface area contributed by atoms with Crippen molar-refractivity contribution < 1.29 is 5.21 Å². The van der Waals surface area contributed by atoms with E-state index in [1.807, 2.05) is 0 Å². The zero-order chi connectivity index (χ0) is 13.9. The second kappa shape index (κ2) is 6.07. The van der Waals surface area contributed by atoms with Crippen molar-refractivity contribution in [2.45, 2.75) is 25.3 Å². The fourth-order valence-electron chi connectivity index (χ4n) is 2.84. The van der Waals surface area contributed by atoms with Gasteiger partial charge in [-0.2, -0.15) is 0 Å². The summed E-state index contributed by atoms with van der Waals surface area (Å²) in [6, 6.07) is 0.582. The van der Waals surface area contributed by atoms with Crippen LogP contribution in [-0.2, 0) is 0 Å². The smallest absolute Gasteiger partial charge is 0.139 e. The van der Waals surface area contributed by atoms with Crippen LogP contribution in [0.2, 0.25) is 0 Å². The highest BCUT2D eigenvalue weighted by atomic mass is 16.4. The van der Waals surface area contributed by atoms with Crippen LogP contribution in [0.4, 0.5) is 0 Å². The lowest BCUT2D eigenvalue weighted by Gasteiger charge is -2.38. The number of likely N-dealkylation sites (N-methyl/N-ethyl adjacent to an activating group) is 2. The summed E-state index contributed by atoms with van der Waals surface area (Å²) in [5, 5.41) is 15.3. The highest BCUT2D eigenvalue weighted by Crippen LogP contribution is 2.48. The summed E-state index contributed by atoms with van der Waals surface area (Å²) < 4.78 is 0. The van der Waals surface area contributed by atoms with E-state index in [-0.39, 0.29) is 5.41 Å². The van der Waals surface area contributed by atoms with E-state index in [0.29, 0.717) is 18.3 Å². The molecule has 1 heterocycles. The summed E-state index contributed by atoms with van der Waals surface area (Å²) in [4.78, 5) is 4.81. The molecule has 2 fully saturated rings. The number of hydrogen-bond donors (Lipinski definition) is 3. The van der Waals surface area contributed by atoms with Gasteiger partial charge in [-0.15, -0.1) is 0 Å². The number of hydrogen-bond acceptors (Lipinski definition) is 5. The van der Waals surface area contributed by atoms with E-state index in [2.05, 4.69) is 34.4 Å². The molecule has 0 amide bonds. The van der Waals surface area contributed by atoms with Crippen LogP contribution in [0.3, 0.4) is 0 Å². The van der Waals surface area contributed by atoms with Gasteiger partial charge in [-0.1, -0.05) is 5.16 Å². The third-order valence-electron chi connectivity index (χ3n) is 4.50. The molecular formula is C13H27N5O. The van der Waals surface area contributed by atoms with Gasteiger partial charge in [-0.3, -0.25) is 4.90 Å². The van der Waals surface area contributed by atoms with Crippen molar-refractivity contribution >= 4 is 5.84 Å². The van der Waals surface area contributed by atoms with Crippen molar-refractivity contribution in [1.29, 1.82) is 0 Å². The third kappa shape index (κ3) is 4.06. The molecule has 0 radical (unpaired) electrons. The summed E-state index contributed by atoms with van der Waals surface area (Å²) in [7, 11) is 4.38. The van der Waals surface area contributed by atoms with Crippen molar-refractivity contribution in [3.63, 3.8) is 0 Å². The van der Waals surface area contributed by atoms with Crippen LogP contribution in [0.15, 0.2) is 5.16 Å². The number of nitrogens with zero attached hydrogens (tertiary/aromatic N) is 3. The Morgan fingerprint density at radius 3 is 2.79 bits per heavy atom. The number of amidine groups is 1. The van der Waals surface area contributed by atoms with Gasteiger partial charge < -0.3 is 21.2 Å². The van der Waals surface area contributed by atoms with Gasteiger partial charge in [0.25, 0.3) is 0 Å². The lowest BCUT2D eigenvalue weighted by atomic mass is 10.0. The topological polar surface area (TPSA) is 77.1 Å². The molecule has 1 saturated carbocycles. The van der Waals surface area contributed by atoms with Gasteiger partial charge in [0, 0.05) is 45.2 Å². The SMILES string of the molecule is CN1CCN(C)C(CNCC2(CC(N)=NO)CC2)C1. The van der Waals surface area contributed by atoms with E-state index in [4.69, 9.17) is 10.9 Å². The van der Waals surface area contributed by atoms with Crippen LogP contribution in [-0.4, -0.2) is 73.7 Å². The molecule has 6 nitrogen and oxygen atoms in total. The quantitative estimate of drug-likeness (QED) is 0.268.